The third kappa shape index (κ3) is 2.71. The molecule has 1 N–H and O–H groups in total. The second kappa shape index (κ2) is 4.67. The fourth-order valence-electron chi connectivity index (χ4n) is 2.01. The van der Waals surface area contributed by atoms with E-state index < -0.39 is 5.60 Å². The van der Waals surface area contributed by atoms with Gasteiger partial charge in [-0.3, -0.25) is 5.26 Å². The van der Waals surface area contributed by atoms with Crippen molar-refractivity contribution in [1.82, 2.24) is 0 Å². The van der Waals surface area contributed by atoms with Crippen LogP contribution in [0.1, 0.15) is 26.7 Å². The zero-order valence-corrected chi connectivity index (χ0v) is 9.63. The van der Waals surface area contributed by atoms with Crippen molar-refractivity contribution < 1.29 is 19.9 Å². The molecule has 2 bridgehead atoms. The van der Waals surface area contributed by atoms with Crippen molar-refractivity contribution in [3.05, 3.63) is 24.3 Å². The normalized spacial score (nSPS) is 33.8. The average Bonchev–Trinajstić information content (AvgIpc) is 2.30. The van der Waals surface area contributed by atoms with Crippen molar-refractivity contribution in [3.63, 3.8) is 0 Å². The predicted molar refractivity (Wildman–Crippen MR) is 58.5 cm³/mol. The van der Waals surface area contributed by atoms with Gasteiger partial charge in [0.15, 0.2) is 0 Å². The van der Waals surface area contributed by atoms with Gasteiger partial charge in [-0.15, -0.1) is 0 Å². The van der Waals surface area contributed by atoms with E-state index in [0.29, 0.717) is 5.92 Å². The minimum atomic E-state index is -0.624. The highest BCUT2D eigenvalue weighted by Crippen LogP contribution is 2.32. The van der Waals surface area contributed by atoms with Crippen molar-refractivity contribution in [2.24, 2.45) is 5.92 Å². The Hall–Kier alpha value is -0.680. The van der Waals surface area contributed by atoms with Crippen molar-refractivity contribution in [2.45, 2.75) is 44.5 Å². The number of allylic oxidation sites excluding steroid dienone is 1. The van der Waals surface area contributed by atoms with Crippen LogP contribution >= 0.6 is 0 Å². The Morgan fingerprint density at radius 1 is 1.44 bits per heavy atom. The zero-order valence-electron chi connectivity index (χ0n) is 9.63. The van der Waals surface area contributed by atoms with Crippen molar-refractivity contribution in [2.75, 3.05) is 0 Å². The Bertz CT molecular complexity index is 295. The molecule has 0 amide bonds. The van der Waals surface area contributed by atoms with E-state index in [4.69, 9.17) is 15.0 Å². The minimum Gasteiger partial charge on any atom is -0.251 e. The molecule has 0 aromatic rings. The summed E-state index contributed by atoms with van der Waals surface area (Å²) in [5.41, 5.74) is -0.624. The summed E-state index contributed by atoms with van der Waals surface area (Å²) >= 11 is 0. The van der Waals surface area contributed by atoms with Gasteiger partial charge in [0, 0.05) is 0 Å². The van der Waals surface area contributed by atoms with E-state index in [-0.39, 0.29) is 12.2 Å². The van der Waals surface area contributed by atoms with E-state index in [9.17, 15) is 0 Å². The fourth-order valence-corrected chi connectivity index (χ4v) is 2.01. The van der Waals surface area contributed by atoms with Gasteiger partial charge in [-0.25, -0.2) is 14.7 Å². The monoisotopic (exact) mass is 226 g/mol. The average molecular weight is 226 g/mol. The predicted octanol–water partition coefficient (Wildman–Crippen LogP) is 2.48. The maximum absolute atomic E-state index is 8.63. The molecular weight excluding hydrogens is 208 g/mol. The molecule has 0 aromatic heterocycles. The topological polar surface area (TPSA) is 47.9 Å². The van der Waals surface area contributed by atoms with Crippen molar-refractivity contribution in [1.29, 1.82) is 0 Å². The van der Waals surface area contributed by atoms with E-state index in [1.54, 1.807) is 13.8 Å². The second-order valence-corrected chi connectivity index (χ2v) is 4.91. The number of rotatable bonds is 4. The summed E-state index contributed by atoms with van der Waals surface area (Å²) < 4.78 is 0. The van der Waals surface area contributed by atoms with Crippen molar-refractivity contribution >= 4 is 0 Å². The molecule has 1 saturated heterocycles. The van der Waals surface area contributed by atoms with Crippen LogP contribution in [0.3, 0.4) is 0 Å². The van der Waals surface area contributed by atoms with Crippen LogP contribution in [0.25, 0.3) is 0 Å². The quantitative estimate of drug-likeness (QED) is 0.454. The van der Waals surface area contributed by atoms with Gasteiger partial charge in [-0.2, -0.15) is 0 Å². The first-order valence-electron chi connectivity index (χ1n) is 5.61. The van der Waals surface area contributed by atoms with Crippen LogP contribution in [0.15, 0.2) is 24.3 Å². The summed E-state index contributed by atoms with van der Waals surface area (Å²) in [7, 11) is 0. The van der Waals surface area contributed by atoms with Gasteiger partial charge in [0.05, 0.1) is 0 Å². The highest BCUT2D eigenvalue weighted by molar-refractivity contribution is 5.07. The van der Waals surface area contributed by atoms with Gasteiger partial charge >= 0.3 is 0 Å². The van der Waals surface area contributed by atoms with Crippen LogP contribution in [0, 0.1) is 5.92 Å². The largest absolute Gasteiger partial charge is 0.251 e. The maximum atomic E-state index is 8.63. The lowest BCUT2D eigenvalue weighted by atomic mass is 9.86. The summed E-state index contributed by atoms with van der Waals surface area (Å²) in [4.78, 5) is 14.6. The molecule has 1 aliphatic carbocycles. The van der Waals surface area contributed by atoms with Gasteiger partial charge in [0.25, 0.3) is 0 Å². The van der Waals surface area contributed by atoms with Gasteiger partial charge < -0.3 is 0 Å². The highest BCUT2D eigenvalue weighted by Gasteiger charge is 2.33. The molecule has 0 radical (unpaired) electrons. The lowest BCUT2D eigenvalue weighted by molar-refractivity contribution is -0.373. The molecule has 0 spiro atoms. The summed E-state index contributed by atoms with van der Waals surface area (Å²) in [5, 5.41) is 8.63. The molecule has 2 aliphatic heterocycles. The van der Waals surface area contributed by atoms with E-state index >= 15 is 0 Å². The zero-order chi connectivity index (χ0) is 11.6. The molecule has 16 heavy (non-hydrogen) atoms. The highest BCUT2D eigenvalue weighted by atomic mass is 17.2. The molecule has 0 saturated carbocycles. The van der Waals surface area contributed by atoms with Gasteiger partial charge in [-0.05, 0) is 32.6 Å². The Morgan fingerprint density at radius 2 is 2.25 bits per heavy atom. The lowest BCUT2D eigenvalue weighted by Crippen LogP contribution is -2.37. The third-order valence-electron chi connectivity index (χ3n) is 3.00. The maximum Gasteiger partial charge on any atom is 0.116 e. The molecule has 1 unspecified atom stereocenters. The van der Waals surface area contributed by atoms with Gasteiger partial charge in [0.2, 0.25) is 0 Å². The Kier molecular flexibility index (Phi) is 3.44. The molecular formula is C12H18O4. The van der Waals surface area contributed by atoms with Crippen LogP contribution in [0.2, 0.25) is 0 Å². The molecule has 0 aromatic carbocycles. The number of hydrogen-bond donors (Lipinski definition) is 1. The first kappa shape index (κ1) is 11.8. The van der Waals surface area contributed by atoms with Gasteiger partial charge in [-0.1, -0.05) is 24.3 Å². The lowest BCUT2D eigenvalue weighted by Gasteiger charge is -2.36. The Balaban J connectivity index is 1.85. The van der Waals surface area contributed by atoms with E-state index in [2.05, 4.69) is 17.0 Å². The molecule has 90 valence electrons. The fraction of sp³-hybridized carbons (Fsp3) is 0.667. The molecule has 4 heteroatoms. The number of hydrogen-bond acceptors (Lipinski definition) is 4. The molecule has 3 aliphatic rings. The minimum absolute atomic E-state index is 0.0628. The van der Waals surface area contributed by atoms with Gasteiger partial charge in [0.1, 0.15) is 17.8 Å². The molecule has 3 atom stereocenters. The molecule has 2 heterocycles. The van der Waals surface area contributed by atoms with E-state index in [1.165, 1.54) is 0 Å². The molecule has 4 nitrogen and oxygen atoms in total. The smallest absolute Gasteiger partial charge is 0.116 e. The first-order valence-corrected chi connectivity index (χ1v) is 5.61. The van der Waals surface area contributed by atoms with Crippen LogP contribution in [0.4, 0.5) is 0 Å². The van der Waals surface area contributed by atoms with Crippen LogP contribution in [0.5, 0.6) is 0 Å². The second-order valence-electron chi connectivity index (χ2n) is 4.91. The standard InChI is InChI=1S/C12H18O4/c1-12(2,16-13)7-3-4-9-8-10-5-6-11(9)15-14-10/h3,5-7,9-11,13H,4,8H2,1-2H3/b7-3+/t9?,10-,11+/m0/s1. The SMILES string of the molecule is CC(C)(/C=C/CC1C[C@@H]2C=C[C@H]1OO2)OO. The summed E-state index contributed by atoms with van der Waals surface area (Å²) in [6.07, 6.45) is 10.1. The van der Waals surface area contributed by atoms with Crippen molar-refractivity contribution in [3.8, 4) is 0 Å². The molecule has 3 rings (SSSR count). The third-order valence-corrected chi connectivity index (χ3v) is 3.00. The Morgan fingerprint density at radius 3 is 2.75 bits per heavy atom. The van der Waals surface area contributed by atoms with E-state index in [0.717, 1.165) is 12.8 Å². The summed E-state index contributed by atoms with van der Waals surface area (Å²) in [5.74, 6) is 0.453. The first-order chi connectivity index (χ1) is 7.61. The molecule has 1 fully saturated rings. The Labute approximate surface area is 95.4 Å². The van der Waals surface area contributed by atoms with Crippen LogP contribution in [-0.4, -0.2) is 23.1 Å². The van der Waals surface area contributed by atoms with E-state index in [1.807, 2.05) is 12.2 Å². The summed E-state index contributed by atoms with van der Waals surface area (Å²) in [6, 6.07) is 0. The number of fused-ring (bicyclic) bond motifs is 2. The summed E-state index contributed by atoms with van der Waals surface area (Å²) in [6.45, 7) is 3.60. The van der Waals surface area contributed by atoms with Crippen LogP contribution in [-0.2, 0) is 14.7 Å². The van der Waals surface area contributed by atoms with Crippen LogP contribution < -0.4 is 0 Å².